The minimum atomic E-state index is -1.10. The van der Waals surface area contributed by atoms with Crippen molar-refractivity contribution in [2.45, 2.75) is 70.9 Å². The van der Waals surface area contributed by atoms with Crippen LogP contribution in [0.3, 0.4) is 0 Å². The standard InChI is InChI=1S/C29H41N5O2SSi/c1-22(26-20-37-28(33-26)29(2,35)24-11-7-6-8-12-24)14-15-30-31-18-23-10-9-13-27-25(23)19-32-34(27)21-36-16-17-38(3,4)5/h6-13,15,19,22,26,31,35H,14,16-18,20-21H2,1-5H3/b30-15-/t22-,26?,29?/m0/s1. The lowest BCUT2D eigenvalue weighted by Crippen LogP contribution is -2.29. The quantitative estimate of drug-likeness (QED) is 0.120. The second kappa shape index (κ2) is 12.6. The number of aliphatic hydroxyl groups is 1. The molecule has 2 unspecified atom stereocenters. The van der Waals surface area contributed by atoms with Gasteiger partial charge in [0.05, 0.1) is 24.3 Å². The van der Waals surface area contributed by atoms with Crippen LogP contribution in [0.1, 0.15) is 31.4 Å². The van der Waals surface area contributed by atoms with Gasteiger partial charge in [-0.05, 0) is 42.5 Å². The molecule has 0 fully saturated rings. The Bertz CT molecular complexity index is 1250. The predicted molar refractivity (Wildman–Crippen MR) is 163 cm³/mol. The highest BCUT2D eigenvalue weighted by molar-refractivity contribution is 8.14. The van der Waals surface area contributed by atoms with Crippen LogP contribution in [0, 0.1) is 5.92 Å². The van der Waals surface area contributed by atoms with Gasteiger partial charge >= 0.3 is 0 Å². The van der Waals surface area contributed by atoms with Gasteiger partial charge in [0.1, 0.15) is 17.4 Å². The Balaban J connectivity index is 1.26. The topological polar surface area (TPSA) is 84.0 Å². The first kappa shape index (κ1) is 28.5. The van der Waals surface area contributed by atoms with E-state index in [0.717, 1.165) is 51.9 Å². The molecular formula is C29H41N5O2SSi. The van der Waals surface area contributed by atoms with E-state index in [1.54, 1.807) is 11.8 Å². The smallest absolute Gasteiger partial charge is 0.139 e. The highest BCUT2D eigenvalue weighted by Crippen LogP contribution is 2.35. The minimum Gasteiger partial charge on any atom is -0.379 e. The maximum absolute atomic E-state index is 11.1. The van der Waals surface area contributed by atoms with Gasteiger partial charge in [0, 0.05) is 32.0 Å². The van der Waals surface area contributed by atoms with E-state index in [9.17, 15) is 5.11 Å². The summed E-state index contributed by atoms with van der Waals surface area (Å²) in [7, 11) is -1.10. The summed E-state index contributed by atoms with van der Waals surface area (Å²) in [6.45, 7) is 13.0. The Labute approximate surface area is 231 Å². The molecule has 0 saturated heterocycles. The zero-order chi connectivity index (χ0) is 27.2. The van der Waals surface area contributed by atoms with Gasteiger partial charge in [-0.1, -0.05) is 69.0 Å². The largest absolute Gasteiger partial charge is 0.379 e. The molecule has 2 heterocycles. The first-order chi connectivity index (χ1) is 18.1. The van der Waals surface area contributed by atoms with Gasteiger partial charge < -0.3 is 15.3 Å². The fourth-order valence-electron chi connectivity index (χ4n) is 4.35. The van der Waals surface area contributed by atoms with Crippen LogP contribution in [0.25, 0.3) is 10.9 Å². The number of hydrogen-bond donors (Lipinski definition) is 2. The van der Waals surface area contributed by atoms with E-state index in [1.165, 1.54) is 0 Å². The van der Waals surface area contributed by atoms with Crippen molar-refractivity contribution in [2.75, 3.05) is 12.4 Å². The van der Waals surface area contributed by atoms with E-state index in [2.05, 4.69) is 60.4 Å². The molecule has 7 nitrogen and oxygen atoms in total. The summed E-state index contributed by atoms with van der Waals surface area (Å²) >= 11 is 1.66. The molecule has 0 spiro atoms. The zero-order valence-electron chi connectivity index (χ0n) is 23.2. The lowest BCUT2D eigenvalue weighted by molar-refractivity contribution is 0.0817. The molecule has 0 saturated carbocycles. The van der Waals surface area contributed by atoms with E-state index in [0.29, 0.717) is 19.2 Å². The summed E-state index contributed by atoms with van der Waals surface area (Å²) in [5.74, 6) is 1.22. The van der Waals surface area contributed by atoms with Crippen molar-refractivity contribution < 1.29 is 9.84 Å². The molecule has 0 bridgehead atoms. The number of aromatic nitrogens is 2. The second-order valence-electron chi connectivity index (χ2n) is 11.5. The van der Waals surface area contributed by atoms with Gasteiger partial charge in [0.15, 0.2) is 0 Å². The Hall–Kier alpha value is -2.46. The lowest BCUT2D eigenvalue weighted by atomic mass is 9.96. The summed E-state index contributed by atoms with van der Waals surface area (Å²) < 4.78 is 7.83. The van der Waals surface area contributed by atoms with Crippen LogP contribution in [0.2, 0.25) is 25.7 Å². The van der Waals surface area contributed by atoms with Crippen LogP contribution < -0.4 is 5.43 Å². The van der Waals surface area contributed by atoms with Crippen molar-refractivity contribution in [3.05, 3.63) is 65.9 Å². The van der Waals surface area contributed by atoms with E-state index < -0.39 is 13.7 Å². The first-order valence-corrected chi connectivity index (χ1v) is 18.1. The molecular weight excluding hydrogens is 511 g/mol. The molecule has 2 aromatic carbocycles. The fourth-order valence-corrected chi connectivity index (χ4v) is 6.45. The molecule has 0 radical (unpaired) electrons. The molecule has 1 aromatic heterocycles. The minimum absolute atomic E-state index is 0.171. The first-order valence-electron chi connectivity index (χ1n) is 13.4. The molecule has 1 aliphatic rings. The molecule has 3 aromatic rings. The molecule has 204 valence electrons. The third-order valence-corrected chi connectivity index (χ3v) is 9.99. The molecule has 3 atom stereocenters. The van der Waals surface area contributed by atoms with E-state index in [4.69, 9.17) is 9.73 Å². The van der Waals surface area contributed by atoms with Gasteiger partial charge in [-0.3, -0.25) is 4.99 Å². The highest BCUT2D eigenvalue weighted by atomic mass is 32.2. The molecule has 38 heavy (non-hydrogen) atoms. The monoisotopic (exact) mass is 551 g/mol. The van der Waals surface area contributed by atoms with E-state index in [-0.39, 0.29) is 6.04 Å². The number of thioether (sulfide) groups is 1. The number of ether oxygens (including phenoxy) is 1. The predicted octanol–water partition coefficient (Wildman–Crippen LogP) is 5.87. The number of fused-ring (bicyclic) bond motifs is 1. The number of hydrazone groups is 1. The van der Waals surface area contributed by atoms with Crippen molar-refractivity contribution >= 4 is 42.0 Å². The molecule has 9 heteroatoms. The third-order valence-electron chi connectivity index (χ3n) is 7.00. The number of aliphatic imine (C=N–C) groups is 1. The van der Waals surface area contributed by atoms with Gasteiger partial charge in [0.25, 0.3) is 0 Å². The normalized spacial score (nSPS) is 18.6. The second-order valence-corrected chi connectivity index (χ2v) is 18.1. The van der Waals surface area contributed by atoms with Crippen molar-refractivity contribution in [3.63, 3.8) is 0 Å². The number of nitrogens with one attached hydrogen (secondary N) is 1. The number of hydrogen-bond acceptors (Lipinski definition) is 7. The van der Waals surface area contributed by atoms with Crippen LogP contribution in [0.5, 0.6) is 0 Å². The number of rotatable bonds is 13. The van der Waals surface area contributed by atoms with Crippen LogP contribution >= 0.6 is 11.8 Å². The maximum Gasteiger partial charge on any atom is 0.139 e. The average Bonchev–Trinajstić information content (AvgIpc) is 3.55. The maximum atomic E-state index is 11.1. The summed E-state index contributed by atoms with van der Waals surface area (Å²) in [6, 6.07) is 17.3. The van der Waals surface area contributed by atoms with Crippen LogP contribution in [0.4, 0.5) is 0 Å². The summed E-state index contributed by atoms with van der Waals surface area (Å²) in [5.41, 5.74) is 5.26. The van der Waals surface area contributed by atoms with Gasteiger partial charge in [0.2, 0.25) is 0 Å². The highest BCUT2D eigenvalue weighted by Gasteiger charge is 2.35. The van der Waals surface area contributed by atoms with Crippen LogP contribution in [-0.4, -0.2) is 52.6 Å². The Morgan fingerprint density at radius 1 is 1.24 bits per heavy atom. The van der Waals surface area contributed by atoms with Gasteiger partial charge in [-0.15, -0.1) is 11.8 Å². The fraction of sp³-hybridized carbons (Fsp3) is 0.483. The zero-order valence-corrected chi connectivity index (χ0v) is 25.0. The number of nitrogens with zero attached hydrogens (tertiary/aromatic N) is 4. The Morgan fingerprint density at radius 3 is 2.79 bits per heavy atom. The average molecular weight is 552 g/mol. The molecule has 4 rings (SSSR count). The molecule has 2 N–H and O–H groups in total. The molecule has 0 amide bonds. The van der Waals surface area contributed by atoms with E-state index in [1.807, 2.05) is 54.3 Å². The Morgan fingerprint density at radius 2 is 2.03 bits per heavy atom. The summed E-state index contributed by atoms with van der Waals surface area (Å²) in [6.07, 6.45) is 4.67. The SMILES string of the molecule is C[C@@H](C/C=N\NCc1cccc2c1cnn2COCC[Si](C)(C)C)C1CSC(C(C)(O)c2ccccc2)=N1. The van der Waals surface area contributed by atoms with Crippen molar-refractivity contribution in [1.29, 1.82) is 0 Å². The van der Waals surface area contributed by atoms with Crippen LogP contribution in [0.15, 0.2) is 64.8 Å². The van der Waals surface area contributed by atoms with Gasteiger partial charge in [-0.2, -0.15) is 10.2 Å². The third kappa shape index (κ3) is 7.34. The lowest BCUT2D eigenvalue weighted by Gasteiger charge is -2.23. The van der Waals surface area contributed by atoms with Crippen molar-refractivity contribution in [1.82, 2.24) is 15.2 Å². The van der Waals surface area contributed by atoms with Crippen molar-refractivity contribution in [2.24, 2.45) is 16.0 Å². The Kier molecular flexibility index (Phi) is 9.46. The van der Waals surface area contributed by atoms with Gasteiger partial charge in [-0.25, -0.2) is 4.68 Å². The number of benzene rings is 2. The molecule has 1 aliphatic heterocycles. The molecule has 0 aliphatic carbocycles. The van der Waals surface area contributed by atoms with Crippen molar-refractivity contribution in [3.8, 4) is 0 Å². The summed E-state index contributed by atoms with van der Waals surface area (Å²) in [5, 5.41) is 22.0. The summed E-state index contributed by atoms with van der Waals surface area (Å²) in [4.78, 5) is 4.89. The van der Waals surface area contributed by atoms with Crippen LogP contribution in [-0.2, 0) is 23.6 Å². The van der Waals surface area contributed by atoms with E-state index >= 15 is 0 Å².